The van der Waals surface area contributed by atoms with Crippen LogP contribution in [0.15, 0.2) is 12.4 Å². The van der Waals surface area contributed by atoms with Gasteiger partial charge >= 0.3 is 0 Å². The fourth-order valence-electron chi connectivity index (χ4n) is 2.65. The summed E-state index contributed by atoms with van der Waals surface area (Å²) in [7, 11) is 0. The van der Waals surface area contributed by atoms with Crippen molar-refractivity contribution in [3.05, 3.63) is 29.3 Å². The maximum atomic E-state index is 11.5. The molecular formula is C14H17N5O. The largest absolute Gasteiger partial charge is 0.342 e. The Kier molecular flexibility index (Phi) is 3.31. The molecule has 0 radical (unpaired) electrons. The van der Waals surface area contributed by atoms with Gasteiger partial charge in [-0.15, -0.1) is 0 Å². The van der Waals surface area contributed by atoms with Gasteiger partial charge in [-0.05, 0) is 24.0 Å². The molecule has 2 aromatic heterocycles. The maximum absolute atomic E-state index is 11.5. The number of pyridine rings is 1. The van der Waals surface area contributed by atoms with Crippen LogP contribution in [0.5, 0.6) is 0 Å². The van der Waals surface area contributed by atoms with Crippen LogP contribution in [0.3, 0.4) is 0 Å². The number of carbonyl (C=O) groups is 1. The van der Waals surface area contributed by atoms with Crippen LogP contribution in [-0.4, -0.2) is 38.8 Å². The van der Waals surface area contributed by atoms with Crippen LogP contribution >= 0.6 is 0 Å². The van der Waals surface area contributed by atoms with Crippen molar-refractivity contribution in [1.29, 1.82) is 0 Å². The van der Waals surface area contributed by atoms with Gasteiger partial charge in [-0.3, -0.25) is 4.79 Å². The van der Waals surface area contributed by atoms with E-state index >= 15 is 0 Å². The molecule has 20 heavy (non-hydrogen) atoms. The zero-order chi connectivity index (χ0) is 14.1. The lowest BCUT2D eigenvalue weighted by molar-refractivity contribution is -0.128. The van der Waals surface area contributed by atoms with Crippen LogP contribution < -0.4 is 5.73 Å². The molecule has 1 aliphatic rings. The lowest BCUT2D eigenvalue weighted by Crippen LogP contribution is -2.30. The molecule has 0 spiro atoms. The van der Waals surface area contributed by atoms with Gasteiger partial charge in [-0.25, -0.2) is 15.0 Å². The third-order valence-electron chi connectivity index (χ3n) is 3.78. The number of aromatic nitrogens is 3. The van der Waals surface area contributed by atoms with Crippen molar-refractivity contribution >= 4 is 16.9 Å². The third-order valence-corrected chi connectivity index (χ3v) is 3.78. The molecule has 0 saturated carbocycles. The number of nitrogens with two attached hydrogens (primary N) is 1. The highest BCUT2D eigenvalue weighted by Gasteiger charge is 2.18. The first-order valence-electron chi connectivity index (χ1n) is 6.77. The zero-order valence-corrected chi connectivity index (χ0v) is 11.5. The second-order valence-electron chi connectivity index (χ2n) is 5.00. The summed E-state index contributed by atoms with van der Waals surface area (Å²) in [6.07, 6.45) is 5.32. The fourth-order valence-corrected chi connectivity index (χ4v) is 2.65. The van der Waals surface area contributed by atoms with Crippen LogP contribution in [0, 0.1) is 0 Å². The van der Waals surface area contributed by atoms with Crippen molar-refractivity contribution in [2.24, 2.45) is 5.73 Å². The van der Waals surface area contributed by atoms with Crippen LogP contribution in [0.25, 0.3) is 11.0 Å². The van der Waals surface area contributed by atoms with E-state index in [-0.39, 0.29) is 5.91 Å². The van der Waals surface area contributed by atoms with Gasteiger partial charge in [0, 0.05) is 37.8 Å². The van der Waals surface area contributed by atoms with Crippen LogP contribution in [0.1, 0.15) is 23.9 Å². The first kappa shape index (κ1) is 12.9. The normalized spacial score (nSPS) is 15.0. The van der Waals surface area contributed by atoms with Crippen molar-refractivity contribution in [3.8, 4) is 0 Å². The van der Waals surface area contributed by atoms with Crippen molar-refractivity contribution < 1.29 is 4.79 Å². The van der Waals surface area contributed by atoms with E-state index in [0.29, 0.717) is 18.0 Å². The summed E-state index contributed by atoms with van der Waals surface area (Å²) in [5, 5.41) is 0.977. The van der Waals surface area contributed by atoms with Gasteiger partial charge in [0.2, 0.25) is 5.91 Å². The molecule has 2 aromatic rings. The third kappa shape index (κ3) is 2.22. The van der Waals surface area contributed by atoms with E-state index in [1.165, 1.54) is 11.1 Å². The topological polar surface area (TPSA) is 85.0 Å². The van der Waals surface area contributed by atoms with Crippen LogP contribution in [0.4, 0.5) is 0 Å². The van der Waals surface area contributed by atoms with E-state index in [1.54, 1.807) is 13.1 Å². The Morgan fingerprint density at radius 1 is 1.30 bits per heavy atom. The maximum Gasteiger partial charge on any atom is 0.219 e. The fraction of sp³-hybridized carbons (Fsp3) is 0.429. The molecule has 1 aliphatic heterocycles. The van der Waals surface area contributed by atoms with E-state index in [9.17, 15) is 4.79 Å². The Balaban J connectivity index is 2.04. The quantitative estimate of drug-likeness (QED) is 0.813. The molecule has 0 fully saturated rings. The standard InChI is InChI=1S/C14H17N5O/c1-9(20)19-4-2-10-7-17-14-12(11(10)3-5-19)8-16-13(6-15)18-14/h7-8H,2-6,15H2,1H3. The molecule has 3 rings (SSSR count). The second kappa shape index (κ2) is 5.13. The minimum atomic E-state index is 0.122. The summed E-state index contributed by atoms with van der Waals surface area (Å²) in [5.41, 5.74) is 8.64. The Morgan fingerprint density at radius 3 is 2.85 bits per heavy atom. The highest BCUT2D eigenvalue weighted by molar-refractivity contribution is 5.79. The molecule has 0 aliphatic carbocycles. The molecule has 104 valence electrons. The Bertz CT molecular complexity index is 670. The van der Waals surface area contributed by atoms with Crippen molar-refractivity contribution in [1.82, 2.24) is 19.9 Å². The Hall–Kier alpha value is -2.08. The Morgan fingerprint density at radius 2 is 2.10 bits per heavy atom. The smallest absolute Gasteiger partial charge is 0.219 e. The van der Waals surface area contributed by atoms with E-state index < -0.39 is 0 Å². The number of fused-ring (bicyclic) bond motifs is 3. The summed E-state index contributed by atoms with van der Waals surface area (Å²) in [6, 6.07) is 0. The molecule has 0 aromatic carbocycles. The van der Waals surface area contributed by atoms with Gasteiger partial charge in [0.25, 0.3) is 0 Å². The predicted molar refractivity (Wildman–Crippen MR) is 74.9 cm³/mol. The van der Waals surface area contributed by atoms with Gasteiger partial charge in [-0.2, -0.15) is 0 Å². The number of rotatable bonds is 1. The van der Waals surface area contributed by atoms with E-state index in [0.717, 1.165) is 31.3 Å². The van der Waals surface area contributed by atoms with Gasteiger partial charge in [0.05, 0.1) is 6.54 Å². The van der Waals surface area contributed by atoms with Gasteiger partial charge < -0.3 is 10.6 Å². The van der Waals surface area contributed by atoms with Gasteiger partial charge in [0.15, 0.2) is 5.65 Å². The predicted octanol–water partition coefficient (Wildman–Crippen LogP) is 0.431. The lowest BCUT2D eigenvalue weighted by Gasteiger charge is -2.17. The molecule has 6 nitrogen and oxygen atoms in total. The summed E-state index contributed by atoms with van der Waals surface area (Å²) in [6.45, 7) is 3.41. The first-order valence-corrected chi connectivity index (χ1v) is 6.77. The molecule has 6 heteroatoms. The Labute approximate surface area is 117 Å². The van der Waals surface area contributed by atoms with E-state index in [4.69, 9.17) is 5.73 Å². The molecule has 1 amide bonds. The number of nitrogens with zero attached hydrogens (tertiary/aromatic N) is 4. The molecule has 3 heterocycles. The number of amides is 1. The second-order valence-corrected chi connectivity index (χ2v) is 5.00. The highest BCUT2D eigenvalue weighted by Crippen LogP contribution is 2.22. The minimum absolute atomic E-state index is 0.122. The first-order chi connectivity index (χ1) is 9.69. The van der Waals surface area contributed by atoms with Gasteiger partial charge in [-0.1, -0.05) is 0 Å². The van der Waals surface area contributed by atoms with Crippen molar-refractivity contribution in [2.45, 2.75) is 26.3 Å². The SMILES string of the molecule is CC(=O)N1CCc2cnc3nc(CN)ncc3c2CC1. The molecule has 0 saturated heterocycles. The van der Waals surface area contributed by atoms with Crippen molar-refractivity contribution in [3.63, 3.8) is 0 Å². The van der Waals surface area contributed by atoms with E-state index in [1.807, 2.05) is 11.1 Å². The molecule has 2 N–H and O–H groups in total. The highest BCUT2D eigenvalue weighted by atomic mass is 16.2. The molecular weight excluding hydrogens is 254 g/mol. The van der Waals surface area contributed by atoms with Gasteiger partial charge in [0.1, 0.15) is 5.82 Å². The lowest BCUT2D eigenvalue weighted by atomic mass is 10.0. The van der Waals surface area contributed by atoms with Crippen LogP contribution in [0.2, 0.25) is 0 Å². The average molecular weight is 271 g/mol. The number of hydrogen-bond acceptors (Lipinski definition) is 5. The van der Waals surface area contributed by atoms with Crippen LogP contribution in [-0.2, 0) is 24.2 Å². The average Bonchev–Trinajstić information content (AvgIpc) is 2.69. The number of hydrogen-bond donors (Lipinski definition) is 1. The summed E-state index contributed by atoms with van der Waals surface area (Å²) in [5.74, 6) is 0.723. The number of carbonyl (C=O) groups excluding carboxylic acids is 1. The minimum Gasteiger partial charge on any atom is -0.342 e. The summed E-state index contributed by atoms with van der Waals surface area (Å²) >= 11 is 0. The monoisotopic (exact) mass is 271 g/mol. The molecule has 0 bridgehead atoms. The molecule has 0 unspecified atom stereocenters. The summed E-state index contributed by atoms with van der Waals surface area (Å²) in [4.78, 5) is 26.4. The van der Waals surface area contributed by atoms with Crippen molar-refractivity contribution in [2.75, 3.05) is 13.1 Å². The zero-order valence-electron chi connectivity index (χ0n) is 11.5. The van der Waals surface area contributed by atoms with E-state index in [2.05, 4.69) is 15.0 Å². The molecule has 0 atom stereocenters. The summed E-state index contributed by atoms with van der Waals surface area (Å²) < 4.78 is 0.